The highest BCUT2D eigenvalue weighted by molar-refractivity contribution is 9.10. The van der Waals surface area contributed by atoms with E-state index in [9.17, 15) is 14.0 Å². The summed E-state index contributed by atoms with van der Waals surface area (Å²) in [5, 5.41) is 6.25. The van der Waals surface area contributed by atoms with Crippen LogP contribution in [0.1, 0.15) is 15.9 Å². The second kappa shape index (κ2) is 8.93. The van der Waals surface area contributed by atoms with Gasteiger partial charge in [-0.2, -0.15) is 5.10 Å². The lowest BCUT2D eigenvalue weighted by atomic mass is 10.2. The summed E-state index contributed by atoms with van der Waals surface area (Å²) in [6.45, 7) is -0.257. The fourth-order valence-electron chi connectivity index (χ4n) is 1.82. The molecule has 0 radical (unpaired) electrons. The summed E-state index contributed by atoms with van der Waals surface area (Å²) in [5.41, 5.74) is 3.29. The number of hydrogen-bond acceptors (Lipinski definition) is 4. The number of ether oxygens (including phenoxy) is 1. The Balaban J connectivity index is 1.84. The first-order valence-corrected chi connectivity index (χ1v) is 7.98. The smallest absolute Gasteiger partial charge is 0.259 e. The molecule has 0 unspecified atom stereocenters. The lowest BCUT2D eigenvalue weighted by Gasteiger charge is -2.05. The normalized spacial score (nSPS) is 10.5. The highest BCUT2D eigenvalue weighted by atomic mass is 79.9. The maximum Gasteiger partial charge on any atom is 0.259 e. The van der Waals surface area contributed by atoms with Gasteiger partial charge in [0.1, 0.15) is 11.6 Å². The van der Waals surface area contributed by atoms with Crippen molar-refractivity contribution in [1.29, 1.82) is 0 Å². The molecule has 6 nitrogen and oxygen atoms in total. The first-order chi connectivity index (χ1) is 12.0. The minimum absolute atomic E-state index is 0.257. The molecule has 0 bridgehead atoms. The second-order valence-electron chi connectivity index (χ2n) is 4.87. The Bertz CT molecular complexity index is 794. The number of methoxy groups -OCH3 is 1. The van der Waals surface area contributed by atoms with Gasteiger partial charge in [0.15, 0.2) is 0 Å². The molecule has 0 atom stereocenters. The van der Waals surface area contributed by atoms with Crippen molar-refractivity contribution in [3.63, 3.8) is 0 Å². The first kappa shape index (κ1) is 18.6. The average Bonchev–Trinajstić information content (AvgIpc) is 2.62. The SMILES string of the molecule is COc1ccc(Br)c(/C=N/NC(=O)CNC(=O)c2ccc(F)cc2)c1. The second-order valence-corrected chi connectivity index (χ2v) is 5.72. The van der Waals surface area contributed by atoms with Gasteiger partial charge in [-0.3, -0.25) is 9.59 Å². The van der Waals surface area contributed by atoms with E-state index >= 15 is 0 Å². The van der Waals surface area contributed by atoms with Crippen LogP contribution in [0, 0.1) is 5.82 Å². The lowest BCUT2D eigenvalue weighted by molar-refractivity contribution is -0.120. The molecule has 2 N–H and O–H groups in total. The number of rotatable bonds is 6. The number of hydrazone groups is 1. The van der Waals surface area contributed by atoms with Crippen molar-refractivity contribution < 1.29 is 18.7 Å². The zero-order valence-corrected chi connectivity index (χ0v) is 14.8. The number of nitrogens with one attached hydrogen (secondary N) is 2. The van der Waals surface area contributed by atoms with Gasteiger partial charge in [0.25, 0.3) is 11.8 Å². The Morgan fingerprint density at radius 1 is 1.24 bits per heavy atom. The van der Waals surface area contributed by atoms with Crippen LogP contribution in [-0.2, 0) is 4.79 Å². The third-order valence-electron chi connectivity index (χ3n) is 3.11. The van der Waals surface area contributed by atoms with Crippen LogP contribution < -0.4 is 15.5 Å². The molecule has 0 saturated heterocycles. The number of carbonyl (C=O) groups is 2. The molecule has 0 aliphatic rings. The highest BCUT2D eigenvalue weighted by Gasteiger charge is 2.07. The minimum Gasteiger partial charge on any atom is -0.497 e. The number of benzene rings is 2. The van der Waals surface area contributed by atoms with Crippen LogP contribution in [0.4, 0.5) is 4.39 Å². The summed E-state index contributed by atoms with van der Waals surface area (Å²) in [5.74, 6) is -0.754. The van der Waals surface area contributed by atoms with E-state index in [1.165, 1.54) is 30.5 Å². The molecule has 0 heterocycles. The van der Waals surface area contributed by atoms with Crippen molar-refractivity contribution in [3.05, 3.63) is 63.9 Å². The van der Waals surface area contributed by atoms with Crippen LogP contribution in [0.3, 0.4) is 0 Å². The summed E-state index contributed by atoms with van der Waals surface area (Å²) in [6, 6.07) is 10.3. The van der Waals surface area contributed by atoms with Crippen molar-refractivity contribution >= 4 is 34.0 Å². The van der Waals surface area contributed by atoms with Gasteiger partial charge in [0.2, 0.25) is 0 Å². The predicted octanol–water partition coefficient (Wildman–Crippen LogP) is 2.48. The van der Waals surface area contributed by atoms with Gasteiger partial charge in [-0.15, -0.1) is 0 Å². The quantitative estimate of drug-likeness (QED) is 0.570. The minimum atomic E-state index is -0.495. The van der Waals surface area contributed by atoms with Gasteiger partial charge >= 0.3 is 0 Å². The van der Waals surface area contributed by atoms with Gasteiger partial charge in [-0.25, -0.2) is 9.82 Å². The Morgan fingerprint density at radius 2 is 1.96 bits per heavy atom. The molecule has 0 fully saturated rings. The van der Waals surface area contributed by atoms with Gasteiger partial charge in [0.05, 0.1) is 19.9 Å². The fraction of sp³-hybridized carbons (Fsp3) is 0.118. The molecule has 2 aromatic carbocycles. The maximum atomic E-state index is 12.8. The molecule has 0 aliphatic heterocycles. The van der Waals surface area contributed by atoms with Gasteiger partial charge in [-0.05, 0) is 42.5 Å². The van der Waals surface area contributed by atoms with Crippen LogP contribution >= 0.6 is 15.9 Å². The molecule has 0 aromatic heterocycles. The molecule has 8 heteroatoms. The van der Waals surface area contributed by atoms with E-state index < -0.39 is 17.6 Å². The Morgan fingerprint density at radius 3 is 2.64 bits per heavy atom. The average molecular weight is 408 g/mol. The van der Waals surface area contributed by atoms with E-state index in [1.807, 2.05) is 0 Å². The summed E-state index contributed by atoms with van der Waals surface area (Å²) in [4.78, 5) is 23.5. The van der Waals surface area contributed by atoms with Gasteiger partial charge < -0.3 is 10.1 Å². The van der Waals surface area contributed by atoms with E-state index in [2.05, 4.69) is 31.8 Å². The zero-order chi connectivity index (χ0) is 18.2. The first-order valence-electron chi connectivity index (χ1n) is 7.19. The van der Waals surface area contributed by atoms with Crippen molar-refractivity contribution in [2.24, 2.45) is 5.10 Å². The number of carbonyl (C=O) groups excluding carboxylic acids is 2. The summed E-state index contributed by atoms with van der Waals surface area (Å²) < 4.78 is 18.7. The Labute approximate surface area is 152 Å². The molecule has 0 aliphatic carbocycles. The van der Waals surface area contributed by atoms with Crippen LogP contribution in [0.25, 0.3) is 0 Å². The fourth-order valence-corrected chi connectivity index (χ4v) is 2.17. The van der Waals surface area contributed by atoms with Crippen molar-refractivity contribution in [2.75, 3.05) is 13.7 Å². The number of nitrogens with zero attached hydrogens (tertiary/aromatic N) is 1. The Kier molecular flexibility index (Phi) is 6.64. The van der Waals surface area contributed by atoms with E-state index in [0.29, 0.717) is 5.75 Å². The van der Waals surface area contributed by atoms with Crippen LogP contribution in [0.15, 0.2) is 52.0 Å². The van der Waals surface area contributed by atoms with E-state index in [-0.39, 0.29) is 12.1 Å². The number of halogens is 2. The molecule has 0 spiro atoms. The van der Waals surface area contributed by atoms with Crippen molar-refractivity contribution in [1.82, 2.24) is 10.7 Å². The highest BCUT2D eigenvalue weighted by Crippen LogP contribution is 2.20. The summed E-state index contributed by atoms with van der Waals surface area (Å²) in [6.07, 6.45) is 1.45. The van der Waals surface area contributed by atoms with Crippen molar-refractivity contribution in [3.8, 4) is 5.75 Å². The molecule has 0 saturated carbocycles. The van der Waals surface area contributed by atoms with E-state index in [0.717, 1.165) is 10.0 Å². The molecule has 2 aromatic rings. The van der Waals surface area contributed by atoms with Crippen LogP contribution in [0.2, 0.25) is 0 Å². The number of hydrogen-bond donors (Lipinski definition) is 2. The molecule has 130 valence electrons. The topological polar surface area (TPSA) is 79.8 Å². The molecule has 25 heavy (non-hydrogen) atoms. The van der Waals surface area contributed by atoms with E-state index in [4.69, 9.17) is 4.74 Å². The third-order valence-corrected chi connectivity index (χ3v) is 3.83. The monoisotopic (exact) mass is 407 g/mol. The predicted molar refractivity (Wildman–Crippen MR) is 95.2 cm³/mol. The summed E-state index contributed by atoms with van der Waals surface area (Å²) >= 11 is 3.36. The van der Waals surface area contributed by atoms with Crippen LogP contribution in [-0.4, -0.2) is 31.7 Å². The molecule has 2 amide bonds. The van der Waals surface area contributed by atoms with Crippen LogP contribution in [0.5, 0.6) is 5.75 Å². The van der Waals surface area contributed by atoms with Crippen molar-refractivity contribution in [2.45, 2.75) is 0 Å². The number of amides is 2. The lowest BCUT2D eigenvalue weighted by Crippen LogP contribution is -2.34. The molecular formula is C17H15BrFN3O3. The van der Waals surface area contributed by atoms with Gasteiger partial charge in [-0.1, -0.05) is 15.9 Å². The van der Waals surface area contributed by atoms with Gasteiger partial charge in [0, 0.05) is 15.6 Å². The Hall–Kier alpha value is -2.74. The summed E-state index contributed by atoms with van der Waals surface area (Å²) in [7, 11) is 1.55. The molecular weight excluding hydrogens is 393 g/mol. The maximum absolute atomic E-state index is 12.8. The zero-order valence-electron chi connectivity index (χ0n) is 13.3. The molecule has 2 rings (SSSR count). The van der Waals surface area contributed by atoms with E-state index in [1.54, 1.807) is 25.3 Å². The largest absolute Gasteiger partial charge is 0.497 e. The third kappa shape index (κ3) is 5.68. The standard InChI is InChI=1S/C17H15BrFN3O3/c1-25-14-6-7-15(18)12(8-14)9-21-22-16(23)10-20-17(24)11-2-4-13(19)5-3-11/h2-9H,10H2,1H3,(H,20,24)(H,22,23)/b21-9+.